The number of rotatable bonds is 3. The molecule has 1 unspecified atom stereocenters. The molecular weight excluding hydrogens is 190 g/mol. The van der Waals surface area contributed by atoms with E-state index in [0.29, 0.717) is 4.99 Å². The van der Waals surface area contributed by atoms with Crippen LogP contribution in [0.1, 0.15) is 23.6 Å². The van der Waals surface area contributed by atoms with Gasteiger partial charge in [0.1, 0.15) is 0 Å². The van der Waals surface area contributed by atoms with Crippen LogP contribution in [0, 0.1) is 19.8 Å². The molecule has 1 rings (SSSR count). The van der Waals surface area contributed by atoms with Gasteiger partial charge in [0.15, 0.2) is 0 Å². The largest absolute Gasteiger partial charge is 0.393 e. The van der Waals surface area contributed by atoms with E-state index in [0.717, 1.165) is 6.42 Å². The van der Waals surface area contributed by atoms with E-state index in [1.807, 2.05) is 0 Å². The van der Waals surface area contributed by atoms with Gasteiger partial charge in [-0.15, -0.1) is 0 Å². The fraction of sp³-hybridized carbons (Fsp3) is 0.417. The van der Waals surface area contributed by atoms with Crippen molar-refractivity contribution in [1.82, 2.24) is 0 Å². The van der Waals surface area contributed by atoms with Gasteiger partial charge in [-0.05, 0) is 31.4 Å². The van der Waals surface area contributed by atoms with E-state index in [2.05, 4.69) is 39.0 Å². The minimum atomic E-state index is 0.283. The Morgan fingerprint density at radius 3 is 2.64 bits per heavy atom. The molecule has 0 heterocycles. The normalized spacial score (nSPS) is 12.5. The summed E-state index contributed by atoms with van der Waals surface area (Å²) in [6.45, 7) is 6.31. The van der Waals surface area contributed by atoms with Crippen molar-refractivity contribution in [3.05, 3.63) is 34.9 Å². The third-order valence-corrected chi connectivity index (χ3v) is 2.92. The van der Waals surface area contributed by atoms with Crippen LogP contribution in [0.15, 0.2) is 18.2 Å². The second kappa shape index (κ2) is 4.56. The first-order chi connectivity index (χ1) is 6.50. The molecule has 76 valence electrons. The van der Waals surface area contributed by atoms with Crippen molar-refractivity contribution in [2.24, 2.45) is 11.7 Å². The first-order valence-electron chi connectivity index (χ1n) is 4.86. The summed E-state index contributed by atoms with van der Waals surface area (Å²) in [4.78, 5) is 0.603. The highest BCUT2D eigenvalue weighted by Gasteiger charge is 2.08. The molecule has 0 saturated carbocycles. The summed E-state index contributed by atoms with van der Waals surface area (Å²) < 4.78 is 0. The van der Waals surface area contributed by atoms with Gasteiger partial charge in [-0.2, -0.15) is 0 Å². The second-order valence-corrected chi connectivity index (χ2v) is 4.41. The van der Waals surface area contributed by atoms with Gasteiger partial charge in [0.2, 0.25) is 0 Å². The maximum absolute atomic E-state index is 5.60. The molecule has 0 aromatic heterocycles. The van der Waals surface area contributed by atoms with E-state index in [1.165, 1.54) is 16.7 Å². The van der Waals surface area contributed by atoms with Crippen LogP contribution in [0.25, 0.3) is 0 Å². The summed E-state index contributed by atoms with van der Waals surface area (Å²) >= 11 is 4.97. The Hall–Kier alpha value is -0.890. The molecular formula is C12H17NS. The lowest BCUT2D eigenvalue weighted by Crippen LogP contribution is -2.20. The summed E-state index contributed by atoms with van der Waals surface area (Å²) in [5.74, 6) is 0.283. The molecule has 1 aromatic carbocycles. The first kappa shape index (κ1) is 11.2. The van der Waals surface area contributed by atoms with Crippen molar-refractivity contribution >= 4 is 17.2 Å². The zero-order valence-electron chi connectivity index (χ0n) is 9.00. The number of aryl methyl sites for hydroxylation is 2. The molecule has 1 atom stereocenters. The molecule has 0 aliphatic heterocycles. The molecule has 14 heavy (non-hydrogen) atoms. The average molecular weight is 207 g/mol. The molecule has 2 N–H and O–H groups in total. The minimum absolute atomic E-state index is 0.283. The van der Waals surface area contributed by atoms with E-state index in [-0.39, 0.29) is 5.92 Å². The van der Waals surface area contributed by atoms with Gasteiger partial charge in [-0.3, -0.25) is 0 Å². The zero-order chi connectivity index (χ0) is 10.7. The van der Waals surface area contributed by atoms with E-state index in [9.17, 15) is 0 Å². The predicted molar refractivity (Wildman–Crippen MR) is 65.6 cm³/mol. The van der Waals surface area contributed by atoms with Crippen molar-refractivity contribution in [2.45, 2.75) is 27.2 Å². The monoisotopic (exact) mass is 207 g/mol. The van der Waals surface area contributed by atoms with Crippen molar-refractivity contribution in [2.75, 3.05) is 0 Å². The van der Waals surface area contributed by atoms with Crippen molar-refractivity contribution in [3.8, 4) is 0 Å². The number of thiocarbonyl (C=S) groups is 1. The summed E-state index contributed by atoms with van der Waals surface area (Å²) in [6, 6.07) is 6.49. The predicted octanol–water partition coefficient (Wildman–Crippen LogP) is 2.77. The first-order valence-corrected chi connectivity index (χ1v) is 5.27. The Bertz CT molecular complexity index is 344. The minimum Gasteiger partial charge on any atom is -0.393 e. The molecule has 1 nitrogen and oxygen atoms in total. The molecule has 2 heteroatoms. The second-order valence-electron chi connectivity index (χ2n) is 3.94. The number of hydrogen-bond acceptors (Lipinski definition) is 1. The molecule has 0 bridgehead atoms. The van der Waals surface area contributed by atoms with Gasteiger partial charge in [-0.25, -0.2) is 0 Å². The zero-order valence-corrected chi connectivity index (χ0v) is 9.82. The summed E-state index contributed by atoms with van der Waals surface area (Å²) in [6.07, 6.45) is 0.947. The van der Waals surface area contributed by atoms with Crippen molar-refractivity contribution in [3.63, 3.8) is 0 Å². The van der Waals surface area contributed by atoms with Gasteiger partial charge in [0.05, 0.1) is 4.99 Å². The quantitative estimate of drug-likeness (QED) is 0.771. The molecule has 0 saturated heterocycles. The molecule has 0 aliphatic rings. The van der Waals surface area contributed by atoms with Crippen molar-refractivity contribution in [1.29, 1.82) is 0 Å². The number of benzene rings is 1. The Labute approximate surface area is 91.3 Å². The highest BCUT2D eigenvalue weighted by Crippen LogP contribution is 2.15. The summed E-state index contributed by atoms with van der Waals surface area (Å²) in [5, 5.41) is 0. The molecule has 0 spiro atoms. The Morgan fingerprint density at radius 2 is 2.07 bits per heavy atom. The summed E-state index contributed by atoms with van der Waals surface area (Å²) in [7, 11) is 0. The summed E-state index contributed by atoms with van der Waals surface area (Å²) in [5.41, 5.74) is 9.57. The van der Waals surface area contributed by atoms with Gasteiger partial charge in [0.25, 0.3) is 0 Å². The van der Waals surface area contributed by atoms with E-state index in [1.54, 1.807) is 0 Å². The lowest BCUT2D eigenvalue weighted by atomic mass is 9.96. The molecule has 0 radical (unpaired) electrons. The topological polar surface area (TPSA) is 26.0 Å². The molecule has 0 amide bonds. The van der Waals surface area contributed by atoms with Gasteiger partial charge < -0.3 is 5.73 Å². The van der Waals surface area contributed by atoms with Gasteiger partial charge in [0, 0.05) is 5.92 Å². The third-order valence-electron chi connectivity index (χ3n) is 2.52. The standard InChI is InChI=1S/C12H17NS/c1-8-4-5-9(2)11(6-8)7-10(3)12(13)14/h4-6,10H,7H2,1-3H3,(H2,13,14). The maximum Gasteiger partial charge on any atom is 0.0759 e. The van der Waals surface area contributed by atoms with Crippen LogP contribution in [0.4, 0.5) is 0 Å². The highest BCUT2D eigenvalue weighted by molar-refractivity contribution is 7.80. The number of hydrogen-bond donors (Lipinski definition) is 1. The van der Waals surface area contributed by atoms with Crippen LogP contribution >= 0.6 is 12.2 Å². The molecule has 0 fully saturated rings. The van der Waals surface area contributed by atoms with Gasteiger partial charge in [-0.1, -0.05) is 42.9 Å². The Kier molecular flexibility index (Phi) is 3.64. The molecule has 1 aromatic rings. The van der Waals surface area contributed by atoms with E-state index >= 15 is 0 Å². The van der Waals surface area contributed by atoms with E-state index in [4.69, 9.17) is 18.0 Å². The van der Waals surface area contributed by atoms with Crippen molar-refractivity contribution < 1.29 is 0 Å². The van der Waals surface area contributed by atoms with Crippen LogP contribution in [-0.2, 0) is 6.42 Å². The van der Waals surface area contributed by atoms with Crippen LogP contribution < -0.4 is 5.73 Å². The Morgan fingerprint density at radius 1 is 1.43 bits per heavy atom. The fourth-order valence-corrected chi connectivity index (χ4v) is 1.53. The van der Waals surface area contributed by atoms with Crippen LogP contribution in [0.5, 0.6) is 0 Å². The highest BCUT2D eigenvalue weighted by atomic mass is 32.1. The SMILES string of the molecule is Cc1ccc(C)c(CC(C)C(N)=S)c1. The van der Waals surface area contributed by atoms with Crippen LogP contribution in [-0.4, -0.2) is 4.99 Å². The number of nitrogens with two attached hydrogens (primary N) is 1. The van der Waals surface area contributed by atoms with Crippen LogP contribution in [0.3, 0.4) is 0 Å². The van der Waals surface area contributed by atoms with Crippen LogP contribution in [0.2, 0.25) is 0 Å². The third kappa shape index (κ3) is 2.81. The lowest BCUT2D eigenvalue weighted by Gasteiger charge is -2.12. The maximum atomic E-state index is 5.60. The fourth-order valence-electron chi connectivity index (χ4n) is 1.45. The lowest BCUT2D eigenvalue weighted by molar-refractivity contribution is 0.766. The van der Waals surface area contributed by atoms with E-state index < -0.39 is 0 Å². The smallest absolute Gasteiger partial charge is 0.0759 e. The molecule has 0 aliphatic carbocycles. The Balaban J connectivity index is 2.85. The van der Waals surface area contributed by atoms with Gasteiger partial charge >= 0.3 is 0 Å². The average Bonchev–Trinajstić information content (AvgIpc) is 2.11.